The molecule has 1 aromatic heterocycles. The van der Waals surface area contributed by atoms with E-state index in [9.17, 15) is 14.3 Å². The van der Waals surface area contributed by atoms with Crippen LogP contribution in [0.4, 0.5) is 4.39 Å². The number of rotatable bonds is 4. The van der Waals surface area contributed by atoms with Gasteiger partial charge in [0.25, 0.3) is 5.91 Å². The van der Waals surface area contributed by atoms with E-state index in [2.05, 4.69) is 10.3 Å². The van der Waals surface area contributed by atoms with Crippen LogP contribution in [0.2, 0.25) is 0 Å². The molecule has 0 aliphatic carbocycles. The van der Waals surface area contributed by atoms with Gasteiger partial charge in [-0.15, -0.1) is 0 Å². The number of amides is 1. The van der Waals surface area contributed by atoms with E-state index in [1.165, 1.54) is 6.07 Å². The van der Waals surface area contributed by atoms with Gasteiger partial charge in [0.1, 0.15) is 11.9 Å². The summed E-state index contributed by atoms with van der Waals surface area (Å²) in [5, 5.41) is 12.1. The van der Waals surface area contributed by atoms with Gasteiger partial charge in [-0.25, -0.2) is 9.37 Å². The molecule has 1 amide bonds. The summed E-state index contributed by atoms with van der Waals surface area (Å²) in [4.78, 5) is 16.6. The summed E-state index contributed by atoms with van der Waals surface area (Å²) in [5.41, 5.74) is 0.157. The summed E-state index contributed by atoms with van der Waals surface area (Å²) in [6, 6.07) is 3.33. The SMILES string of the molecule is CCn1ccnc1[C@@H]1OCC[C@H]1NC(=O)c1ccc(O)c(F)c1. The molecule has 23 heavy (non-hydrogen) atoms. The number of benzene rings is 1. The van der Waals surface area contributed by atoms with Gasteiger partial charge in [-0.1, -0.05) is 0 Å². The number of ether oxygens (including phenoxy) is 1. The fourth-order valence-corrected chi connectivity index (χ4v) is 2.74. The number of aryl methyl sites for hydroxylation is 1. The summed E-state index contributed by atoms with van der Waals surface area (Å²) in [6.07, 6.45) is 3.91. The molecule has 1 aliphatic rings. The maximum atomic E-state index is 13.4. The van der Waals surface area contributed by atoms with Crippen LogP contribution in [0.1, 0.15) is 35.6 Å². The van der Waals surface area contributed by atoms with Gasteiger partial charge in [0, 0.05) is 31.1 Å². The average Bonchev–Trinajstić information content (AvgIpc) is 3.17. The molecular formula is C16H18FN3O3. The van der Waals surface area contributed by atoms with Crippen LogP contribution in [0.25, 0.3) is 0 Å². The minimum atomic E-state index is -0.821. The van der Waals surface area contributed by atoms with E-state index < -0.39 is 17.5 Å². The molecule has 6 nitrogen and oxygen atoms in total. The zero-order chi connectivity index (χ0) is 16.4. The molecule has 0 unspecified atom stereocenters. The van der Waals surface area contributed by atoms with Gasteiger partial charge >= 0.3 is 0 Å². The number of nitrogens with zero attached hydrogens (tertiary/aromatic N) is 2. The van der Waals surface area contributed by atoms with Crippen molar-refractivity contribution in [2.24, 2.45) is 0 Å². The molecule has 122 valence electrons. The summed E-state index contributed by atoms with van der Waals surface area (Å²) >= 11 is 0. The molecule has 1 fully saturated rings. The highest BCUT2D eigenvalue weighted by Gasteiger charge is 2.34. The number of hydrogen-bond donors (Lipinski definition) is 2. The zero-order valence-corrected chi connectivity index (χ0v) is 12.7. The normalized spacial score (nSPS) is 20.6. The number of phenols is 1. The van der Waals surface area contributed by atoms with E-state index in [0.717, 1.165) is 24.5 Å². The van der Waals surface area contributed by atoms with E-state index in [1.54, 1.807) is 6.20 Å². The van der Waals surface area contributed by atoms with Crippen LogP contribution in [0.15, 0.2) is 30.6 Å². The van der Waals surface area contributed by atoms with Crippen molar-refractivity contribution in [3.8, 4) is 5.75 Å². The lowest BCUT2D eigenvalue weighted by Gasteiger charge is -2.20. The lowest BCUT2D eigenvalue weighted by Crippen LogP contribution is -2.37. The molecule has 1 saturated heterocycles. The molecule has 7 heteroatoms. The molecule has 1 aromatic carbocycles. The Hall–Kier alpha value is -2.41. The van der Waals surface area contributed by atoms with Crippen molar-refractivity contribution in [3.63, 3.8) is 0 Å². The van der Waals surface area contributed by atoms with Gasteiger partial charge in [-0.3, -0.25) is 4.79 Å². The highest BCUT2D eigenvalue weighted by atomic mass is 19.1. The largest absolute Gasteiger partial charge is 0.505 e. The molecular weight excluding hydrogens is 301 g/mol. The molecule has 2 heterocycles. The fourth-order valence-electron chi connectivity index (χ4n) is 2.74. The Morgan fingerprint density at radius 2 is 2.39 bits per heavy atom. The first-order valence-electron chi connectivity index (χ1n) is 7.52. The summed E-state index contributed by atoms with van der Waals surface area (Å²) in [7, 11) is 0. The van der Waals surface area contributed by atoms with Gasteiger partial charge in [-0.2, -0.15) is 0 Å². The third kappa shape index (κ3) is 3.05. The Morgan fingerprint density at radius 1 is 1.57 bits per heavy atom. The summed E-state index contributed by atoms with van der Waals surface area (Å²) in [5.74, 6) is -0.932. The zero-order valence-electron chi connectivity index (χ0n) is 12.7. The van der Waals surface area contributed by atoms with Crippen molar-refractivity contribution in [1.29, 1.82) is 0 Å². The van der Waals surface area contributed by atoms with Crippen molar-refractivity contribution in [3.05, 3.63) is 47.8 Å². The maximum absolute atomic E-state index is 13.4. The predicted molar refractivity (Wildman–Crippen MR) is 80.5 cm³/mol. The number of nitrogens with one attached hydrogen (secondary N) is 1. The molecule has 0 bridgehead atoms. The molecule has 1 aliphatic heterocycles. The number of halogens is 1. The van der Waals surface area contributed by atoms with Crippen LogP contribution in [-0.4, -0.2) is 33.2 Å². The van der Waals surface area contributed by atoms with Gasteiger partial charge < -0.3 is 19.7 Å². The first-order valence-corrected chi connectivity index (χ1v) is 7.52. The second-order valence-corrected chi connectivity index (χ2v) is 5.40. The summed E-state index contributed by atoms with van der Waals surface area (Å²) < 4.78 is 21.1. The lowest BCUT2D eigenvalue weighted by molar-refractivity contribution is 0.0775. The Bertz CT molecular complexity index is 716. The van der Waals surface area contributed by atoms with Crippen LogP contribution < -0.4 is 5.32 Å². The number of aromatic nitrogens is 2. The molecule has 0 radical (unpaired) electrons. The van der Waals surface area contributed by atoms with Crippen molar-refractivity contribution >= 4 is 5.91 Å². The minimum Gasteiger partial charge on any atom is -0.505 e. The fraction of sp³-hybridized carbons (Fsp3) is 0.375. The van der Waals surface area contributed by atoms with Gasteiger partial charge in [0.2, 0.25) is 0 Å². The smallest absolute Gasteiger partial charge is 0.251 e. The van der Waals surface area contributed by atoms with Crippen molar-refractivity contribution < 1.29 is 19.0 Å². The Labute approximate surface area is 132 Å². The topological polar surface area (TPSA) is 76.4 Å². The first-order chi connectivity index (χ1) is 11.1. The average molecular weight is 319 g/mol. The van der Waals surface area contributed by atoms with E-state index in [1.807, 2.05) is 17.7 Å². The number of hydrogen-bond acceptors (Lipinski definition) is 4. The number of phenolic OH excluding ortho intramolecular Hbond substituents is 1. The molecule has 2 aromatic rings. The molecule has 3 rings (SSSR count). The highest BCUT2D eigenvalue weighted by molar-refractivity contribution is 5.94. The highest BCUT2D eigenvalue weighted by Crippen LogP contribution is 2.28. The number of carbonyl (C=O) groups is 1. The second-order valence-electron chi connectivity index (χ2n) is 5.40. The van der Waals surface area contributed by atoms with Gasteiger partial charge in [0.15, 0.2) is 11.6 Å². The van der Waals surface area contributed by atoms with Gasteiger partial charge in [-0.05, 0) is 31.5 Å². The molecule has 2 atom stereocenters. The van der Waals surface area contributed by atoms with E-state index in [-0.39, 0.29) is 17.7 Å². The van der Waals surface area contributed by atoms with E-state index >= 15 is 0 Å². The van der Waals surface area contributed by atoms with Crippen molar-refractivity contribution in [1.82, 2.24) is 14.9 Å². The standard InChI is InChI=1S/C16H18FN3O3/c1-2-20-7-6-18-15(20)14-12(5-8-23-14)19-16(22)10-3-4-13(21)11(17)9-10/h3-4,6-7,9,12,14,21H,2,5,8H2,1H3,(H,19,22)/t12-,14-/m1/s1. The van der Waals surface area contributed by atoms with Gasteiger partial charge in [0.05, 0.1) is 6.04 Å². The molecule has 2 N–H and O–H groups in total. The maximum Gasteiger partial charge on any atom is 0.251 e. The third-order valence-electron chi connectivity index (χ3n) is 3.96. The first kappa shape index (κ1) is 15.5. The van der Waals surface area contributed by atoms with E-state index in [4.69, 9.17) is 4.74 Å². The second kappa shape index (κ2) is 6.37. The number of aromatic hydroxyl groups is 1. The van der Waals surface area contributed by atoms with Crippen molar-refractivity contribution in [2.45, 2.75) is 32.0 Å². The molecule has 0 spiro atoms. The van der Waals surface area contributed by atoms with Crippen molar-refractivity contribution in [2.75, 3.05) is 6.61 Å². The Kier molecular flexibility index (Phi) is 4.29. The van der Waals surface area contributed by atoms with Crippen LogP contribution in [0, 0.1) is 5.82 Å². The van der Waals surface area contributed by atoms with E-state index in [0.29, 0.717) is 13.0 Å². The quantitative estimate of drug-likeness (QED) is 0.904. The lowest BCUT2D eigenvalue weighted by atomic mass is 10.1. The number of carbonyl (C=O) groups excluding carboxylic acids is 1. The Morgan fingerprint density at radius 3 is 3.13 bits per heavy atom. The molecule has 0 saturated carbocycles. The predicted octanol–water partition coefficient (Wildman–Crippen LogP) is 2.01. The van der Waals surface area contributed by atoms with Crippen LogP contribution in [0.5, 0.6) is 5.75 Å². The number of imidazole rings is 1. The van der Waals surface area contributed by atoms with Crippen LogP contribution >= 0.6 is 0 Å². The Balaban J connectivity index is 1.76. The minimum absolute atomic E-state index is 0.157. The van der Waals surface area contributed by atoms with Crippen LogP contribution in [-0.2, 0) is 11.3 Å². The monoisotopic (exact) mass is 319 g/mol. The van der Waals surface area contributed by atoms with Crippen LogP contribution in [0.3, 0.4) is 0 Å². The third-order valence-corrected chi connectivity index (χ3v) is 3.96. The summed E-state index contributed by atoms with van der Waals surface area (Å²) in [6.45, 7) is 3.29.